The van der Waals surface area contributed by atoms with Crippen molar-refractivity contribution in [3.05, 3.63) is 36.0 Å². The van der Waals surface area contributed by atoms with Crippen molar-refractivity contribution >= 4 is 50.9 Å². The van der Waals surface area contributed by atoms with E-state index in [0.717, 1.165) is 16.6 Å². The first kappa shape index (κ1) is 25.7. The lowest BCUT2D eigenvalue weighted by Gasteiger charge is -2.32. The van der Waals surface area contributed by atoms with Crippen molar-refractivity contribution in [2.75, 3.05) is 26.2 Å². The minimum atomic E-state index is -5.26. The Morgan fingerprint density at radius 3 is 2.55 bits per heavy atom. The van der Waals surface area contributed by atoms with Gasteiger partial charge in [0.2, 0.25) is 0 Å². The maximum atomic E-state index is 12.7. The second-order valence-corrected chi connectivity index (χ2v) is 9.09. The molecule has 0 atom stereocenters. The summed E-state index contributed by atoms with van der Waals surface area (Å²) in [5.74, 6) is 0.575. The zero-order chi connectivity index (χ0) is 21.8. The van der Waals surface area contributed by atoms with Gasteiger partial charge < -0.3 is 15.6 Å². The molecule has 1 aliphatic heterocycles. The lowest BCUT2D eigenvalue weighted by molar-refractivity contribution is -0.0494. The van der Waals surface area contributed by atoms with E-state index >= 15 is 0 Å². The predicted octanol–water partition coefficient (Wildman–Crippen LogP) is 3.20. The molecule has 31 heavy (non-hydrogen) atoms. The Bertz CT molecular complexity index is 953. The van der Waals surface area contributed by atoms with Gasteiger partial charge in [0.25, 0.3) is 0 Å². The van der Waals surface area contributed by atoms with Crippen LogP contribution in [-0.4, -0.2) is 61.4 Å². The average molecular weight is 573 g/mol. The third kappa shape index (κ3) is 6.48. The monoisotopic (exact) mass is 573 g/mol. The number of benzene rings is 1. The molecular formula is C19H27F3IN5O2S. The van der Waals surface area contributed by atoms with E-state index < -0.39 is 15.5 Å². The molecule has 12 heteroatoms. The van der Waals surface area contributed by atoms with Gasteiger partial charge in [0, 0.05) is 49.9 Å². The van der Waals surface area contributed by atoms with Gasteiger partial charge >= 0.3 is 15.5 Å². The molecule has 0 spiro atoms. The Balaban J connectivity index is 0.00000341. The van der Waals surface area contributed by atoms with Gasteiger partial charge in [0.1, 0.15) is 0 Å². The molecule has 1 aromatic carbocycles. The van der Waals surface area contributed by atoms with E-state index in [9.17, 15) is 21.6 Å². The summed E-state index contributed by atoms with van der Waals surface area (Å²) >= 11 is 0. The standard InChI is InChI=1S/C19H26F3N5O2S.HI/c1-2-23-18(24-10-7-16-13-14-5-3-4-6-17(14)25-16)26-15-8-11-27(12-9-15)30(28,29)19(20,21)22;/h3-6,13,15,25H,2,7-12H2,1H3,(H2,23,24,26);1H. The highest BCUT2D eigenvalue weighted by Crippen LogP contribution is 2.28. The molecule has 1 saturated heterocycles. The first-order valence-corrected chi connectivity index (χ1v) is 11.3. The first-order valence-electron chi connectivity index (χ1n) is 9.88. The number of fused-ring (bicyclic) bond motifs is 1. The zero-order valence-electron chi connectivity index (χ0n) is 17.1. The number of aromatic nitrogens is 1. The summed E-state index contributed by atoms with van der Waals surface area (Å²) in [4.78, 5) is 7.89. The number of nitrogens with zero attached hydrogens (tertiary/aromatic N) is 2. The molecule has 2 heterocycles. The van der Waals surface area contributed by atoms with E-state index in [2.05, 4.69) is 26.7 Å². The number of piperidine rings is 1. The number of alkyl halides is 3. The number of guanidine groups is 1. The molecule has 0 aliphatic carbocycles. The fourth-order valence-corrected chi connectivity index (χ4v) is 4.44. The second kappa shape index (κ2) is 10.9. The number of rotatable bonds is 6. The van der Waals surface area contributed by atoms with Gasteiger partial charge in [-0.1, -0.05) is 18.2 Å². The number of aliphatic imine (C=N–C) groups is 1. The summed E-state index contributed by atoms with van der Waals surface area (Å²) in [6, 6.07) is 9.95. The Labute approximate surface area is 196 Å². The molecule has 0 bridgehead atoms. The Morgan fingerprint density at radius 1 is 1.26 bits per heavy atom. The van der Waals surface area contributed by atoms with Crippen LogP contribution in [-0.2, 0) is 16.4 Å². The zero-order valence-corrected chi connectivity index (χ0v) is 20.2. The minimum Gasteiger partial charge on any atom is -0.358 e. The van der Waals surface area contributed by atoms with Crippen LogP contribution < -0.4 is 10.6 Å². The highest BCUT2D eigenvalue weighted by Gasteiger charge is 2.50. The average Bonchev–Trinajstić information content (AvgIpc) is 3.10. The van der Waals surface area contributed by atoms with Crippen LogP contribution in [0.1, 0.15) is 25.5 Å². The number of sulfonamides is 1. The Kier molecular flexibility index (Phi) is 9.01. The molecule has 174 valence electrons. The number of para-hydroxylation sites is 1. The quantitative estimate of drug-likeness (QED) is 0.282. The maximum absolute atomic E-state index is 12.7. The van der Waals surface area contributed by atoms with Crippen LogP contribution in [0, 0.1) is 0 Å². The van der Waals surface area contributed by atoms with E-state index in [1.807, 2.05) is 31.2 Å². The number of hydrogen-bond acceptors (Lipinski definition) is 3. The number of aromatic amines is 1. The van der Waals surface area contributed by atoms with Gasteiger partial charge in [-0.15, -0.1) is 24.0 Å². The first-order chi connectivity index (χ1) is 14.2. The molecule has 1 fully saturated rings. The fraction of sp³-hybridized carbons (Fsp3) is 0.526. The van der Waals surface area contributed by atoms with Crippen molar-refractivity contribution in [2.45, 2.75) is 37.7 Å². The highest BCUT2D eigenvalue weighted by atomic mass is 127. The van der Waals surface area contributed by atoms with E-state index in [4.69, 9.17) is 0 Å². The molecule has 0 saturated carbocycles. The highest BCUT2D eigenvalue weighted by molar-refractivity contribution is 14.0. The van der Waals surface area contributed by atoms with Gasteiger partial charge in [-0.25, -0.2) is 8.42 Å². The number of nitrogens with one attached hydrogen (secondary N) is 3. The van der Waals surface area contributed by atoms with Gasteiger partial charge in [0.05, 0.1) is 0 Å². The molecular weight excluding hydrogens is 546 g/mol. The number of halogens is 4. The fourth-order valence-electron chi connectivity index (χ4n) is 3.46. The number of hydrogen-bond donors (Lipinski definition) is 3. The van der Waals surface area contributed by atoms with Crippen LogP contribution in [0.5, 0.6) is 0 Å². The second-order valence-electron chi connectivity index (χ2n) is 7.16. The maximum Gasteiger partial charge on any atom is 0.511 e. The van der Waals surface area contributed by atoms with E-state index in [0.29, 0.717) is 29.8 Å². The van der Waals surface area contributed by atoms with Crippen LogP contribution in [0.25, 0.3) is 10.9 Å². The molecule has 2 aromatic rings. The summed E-state index contributed by atoms with van der Waals surface area (Å²) in [6.07, 6.45) is 1.27. The van der Waals surface area contributed by atoms with Crippen LogP contribution in [0.15, 0.2) is 35.3 Å². The minimum absolute atomic E-state index is 0. The lowest BCUT2D eigenvalue weighted by atomic mass is 10.1. The van der Waals surface area contributed by atoms with E-state index in [1.165, 1.54) is 0 Å². The third-order valence-corrected chi connectivity index (χ3v) is 6.64. The van der Waals surface area contributed by atoms with Crippen molar-refractivity contribution in [3.8, 4) is 0 Å². The molecule has 0 radical (unpaired) electrons. The van der Waals surface area contributed by atoms with Crippen molar-refractivity contribution in [1.82, 2.24) is 19.9 Å². The molecule has 0 unspecified atom stereocenters. The van der Waals surface area contributed by atoms with Crippen molar-refractivity contribution < 1.29 is 21.6 Å². The SMILES string of the molecule is CCNC(=NCCc1cc2ccccc2[nH]1)NC1CCN(S(=O)(=O)C(F)(F)F)CC1.I. The lowest BCUT2D eigenvalue weighted by Crippen LogP contribution is -2.51. The van der Waals surface area contributed by atoms with E-state index in [-0.39, 0.29) is 55.9 Å². The largest absolute Gasteiger partial charge is 0.511 e. The normalized spacial score (nSPS) is 16.8. The molecule has 1 aliphatic rings. The van der Waals surface area contributed by atoms with Gasteiger partial charge in [-0.05, 0) is 37.3 Å². The van der Waals surface area contributed by atoms with E-state index in [1.54, 1.807) is 0 Å². The van der Waals surface area contributed by atoms with Crippen molar-refractivity contribution in [2.24, 2.45) is 4.99 Å². The smallest absolute Gasteiger partial charge is 0.358 e. The summed E-state index contributed by atoms with van der Waals surface area (Å²) in [6.45, 7) is 2.75. The van der Waals surface area contributed by atoms with Gasteiger partial charge in [0.15, 0.2) is 5.96 Å². The Hall–Kier alpha value is -1.54. The molecule has 3 N–H and O–H groups in total. The summed E-state index contributed by atoms with van der Waals surface area (Å²) in [5, 5.41) is 7.47. The van der Waals surface area contributed by atoms with Crippen LogP contribution in [0.4, 0.5) is 13.2 Å². The van der Waals surface area contributed by atoms with Crippen molar-refractivity contribution in [1.29, 1.82) is 0 Å². The summed E-state index contributed by atoms with van der Waals surface area (Å²) in [7, 11) is -5.26. The van der Waals surface area contributed by atoms with Gasteiger partial charge in [-0.2, -0.15) is 17.5 Å². The summed E-state index contributed by atoms with van der Waals surface area (Å²) < 4.78 is 61.6. The molecule has 3 rings (SSSR count). The van der Waals surface area contributed by atoms with Crippen molar-refractivity contribution in [3.63, 3.8) is 0 Å². The Morgan fingerprint density at radius 2 is 1.94 bits per heavy atom. The molecule has 1 aromatic heterocycles. The molecule has 0 amide bonds. The van der Waals surface area contributed by atoms with Crippen LogP contribution in [0.3, 0.4) is 0 Å². The third-order valence-electron chi connectivity index (χ3n) is 5.01. The van der Waals surface area contributed by atoms with Crippen LogP contribution >= 0.6 is 24.0 Å². The number of H-pyrrole nitrogens is 1. The summed E-state index contributed by atoms with van der Waals surface area (Å²) in [5.41, 5.74) is -3.12. The molecule has 7 nitrogen and oxygen atoms in total. The van der Waals surface area contributed by atoms with Gasteiger partial charge in [-0.3, -0.25) is 4.99 Å². The van der Waals surface area contributed by atoms with Crippen LogP contribution in [0.2, 0.25) is 0 Å². The topological polar surface area (TPSA) is 89.6 Å². The predicted molar refractivity (Wildman–Crippen MR) is 126 cm³/mol.